The summed E-state index contributed by atoms with van der Waals surface area (Å²) < 4.78 is 11.7. The van der Waals surface area contributed by atoms with E-state index in [0.717, 1.165) is 13.2 Å². The Hall–Kier alpha value is -0.120. The van der Waals surface area contributed by atoms with E-state index in [1.54, 1.807) is 0 Å². The van der Waals surface area contributed by atoms with E-state index >= 15 is 0 Å². The van der Waals surface area contributed by atoms with Crippen molar-refractivity contribution in [3.63, 3.8) is 0 Å². The molecule has 1 aliphatic heterocycles. The highest BCUT2D eigenvalue weighted by molar-refractivity contribution is 4.97. The normalized spacial score (nSPS) is 28.7. The van der Waals surface area contributed by atoms with Crippen LogP contribution in [0.25, 0.3) is 0 Å². The van der Waals surface area contributed by atoms with Gasteiger partial charge >= 0.3 is 0 Å². The molecule has 0 bridgehead atoms. The van der Waals surface area contributed by atoms with Gasteiger partial charge in [-0.1, -0.05) is 19.8 Å². The summed E-state index contributed by atoms with van der Waals surface area (Å²) in [5.74, 6) is 0. The molecule has 0 amide bonds. The number of nitrogens with one attached hydrogen (secondary N) is 1. The van der Waals surface area contributed by atoms with Crippen LogP contribution in [0, 0.1) is 0 Å². The number of rotatable bonds is 7. The van der Waals surface area contributed by atoms with Gasteiger partial charge < -0.3 is 14.8 Å². The Labute approximate surface area is 112 Å². The minimum absolute atomic E-state index is 0.0919. The summed E-state index contributed by atoms with van der Waals surface area (Å²) in [6, 6.07) is 0.499. The number of hydrogen-bond acceptors (Lipinski definition) is 3. The van der Waals surface area contributed by atoms with E-state index in [4.69, 9.17) is 9.47 Å². The molecule has 2 aliphatic rings. The van der Waals surface area contributed by atoms with E-state index in [0.29, 0.717) is 12.1 Å². The molecule has 0 aromatic carbocycles. The molecule has 1 saturated carbocycles. The molecule has 0 aromatic rings. The zero-order chi connectivity index (χ0) is 12.8. The molecule has 106 valence electrons. The summed E-state index contributed by atoms with van der Waals surface area (Å²) in [4.78, 5) is 0. The summed E-state index contributed by atoms with van der Waals surface area (Å²) in [6.45, 7) is 4.19. The standard InChI is InChI=1S/C15H29NO2/c1-3-16-14(9-8-13-7-6-12-18-13)15(17-2)10-4-5-11-15/h13-14,16H,3-12H2,1-2H3. The maximum atomic E-state index is 5.93. The molecule has 1 heterocycles. The summed E-state index contributed by atoms with van der Waals surface area (Å²) in [7, 11) is 1.89. The van der Waals surface area contributed by atoms with Crippen LogP contribution in [0.1, 0.15) is 58.3 Å². The van der Waals surface area contributed by atoms with Gasteiger partial charge in [0.1, 0.15) is 0 Å². The number of methoxy groups -OCH3 is 1. The van der Waals surface area contributed by atoms with Crippen LogP contribution in [0.2, 0.25) is 0 Å². The van der Waals surface area contributed by atoms with Crippen molar-refractivity contribution in [2.75, 3.05) is 20.3 Å². The molecule has 18 heavy (non-hydrogen) atoms. The zero-order valence-corrected chi connectivity index (χ0v) is 12.0. The van der Waals surface area contributed by atoms with E-state index in [9.17, 15) is 0 Å². The van der Waals surface area contributed by atoms with E-state index in [1.165, 1.54) is 51.4 Å². The van der Waals surface area contributed by atoms with Gasteiger partial charge in [0.15, 0.2) is 0 Å². The van der Waals surface area contributed by atoms with Gasteiger partial charge in [-0.15, -0.1) is 0 Å². The SMILES string of the molecule is CCNC(CCC1CCCO1)C1(OC)CCCC1. The van der Waals surface area contributed by atoms with E-state index < -0.39 is 0 Å². The van der Waals surface area contributed by atoms with Crippen LogP contribution in [-0.2, 0) is 9.47 Å². The van der Waals surface area contributed by atoms with Crippen molar-refractivity contribution in [1.29, 1.82) is 0 Å². The lowest BCUT2D eigenvalue weighted by Crippen LogP contribution is -2.50. The van der Waals surface area contributed by atoms with Crippen molar-refractivity contribution in [3.05, 3.63) is 0 Å². The molecular weight excluding hydrogens is 226 g/mol. The van der Waals surface area contributed by atoms with Crippen LogP contribution in [0.5, 0.6) is 0 Å². The molecule has 2 rings (SSSR count). The fraction of sp³-hybridized carbons (Fsp3) is 1.00. The lowest BCUT2D eigenvalue weighted by molar-refractivity contribution is -0.0408. The van der Waals surface area contributed by atoms with Gasteiger partial charge in [-0.3, -0.25) is 0 Å². The molecule has 2 unspecified atom stereocenters. The highest BCUT2D eigenvalue weighted by Crippen LogP contribution is 2.37. The van der Waals surface area contributed by atoms with Crippen molar-refractivity contribution in [2.24, 2.45) is 0 Å². The van der Waals surface area contributed by atoms with Crippen LogP contribution in [0.15, 0.2) is 0 Å². The van der Waals surface area contributed by atoms with Gasteiger partial charge in [0.2, 0.25) is 0 Å². The van der Waals surface area contributed by atoms with E-state index in [2.05, 4.69) is 12.2 Å². The van der Waals surface area contributed by atoms with Crippen LogP contribution in [0.3, 0.4) is 0 Å². The Bertz CT molecular complexity index is 233. The Morgan fingerprint density at radius 2 is 2.11 bits per heavy atom. The lowest BCUT2D eigenvalue weighted by Gasteiger charge is -2.37. The first-order valence-corrected chi connectivity index (χ1v) is 7.71. The molecular formula is C15H29NO2. The summed E-state index contributed by atoms with van der Waals surface area (Å²) >= 11 is 0. The Morgan fingerprint density at radius 1 is 1.33 bits per heavy atom. The molecule has 3 heteroatoms. The molecule has 2 fully saturated rings. The third kappa shape index (κ3) is 3.25. The van der Waals surface area contributed by atoms with E-state index in [-0.39, 0.29) is 5.60 Å². The first-order chi connectivity index (χ1) is 8.80. The Morgan fingerprint density at radius 3 is 2.67 bits per heavy atom. The molecule has 3 nitrogen and oxygen atoms in total. The van der Waals surface area contributed by atoms with Crippen molar-refractivity contribution in [2.45, 2.75) is 76.0 Å². The fourth-order valence-corrected chi connectivity index (χ4v) is 3.69. The fourth-order valence-electron chi connectivity index (χ4n) is 3.69. The molecule has 1 aliphatic carbocycles. The largest absolute Gasteiger partial charge is 0.378 e. The van der Waals surface area contributed by atoms with Crippen LogP contribution in [-0.4, -0.2) is 38.0 Å². The number of hydrogen-bond donors (Lipinski definition) is 1. The summed E-state index contributed by atoms with van der Waals surface area (Å²) in [6.07, 6.45) is 10.4. The maximum absolute atomic E-state index is 5.93. The van der Waals surface area contributed by atoms with Crippen molar-refractivity contribution < 1.29 is 9.47 Å². The van der Waals surface area contributed by atoms with Crippen molar-refractivity contribution >= 4 is 0 Å². The van der Waals surface area contributed by atoms with E-state index in [1.807, 2.05) is 7.11 Å². The average Bonchev–Trinajstić information content (AvgIpc) is 3.06. The molecule has 0 radical (unpaired) electrons. The summed E-state index contributed by atoms with van der Waals surface area (Å²) in [5, 5.41) is 3.66. The number of ether oxygens (including phenoxy) is 2. The average molecular weight is 255 g/mol. The number of likely N-dealkylation sites (N-methyl/N-ethyl adjacent to an activating group) is 1. The molecule has 0 spiro atoms. The zero-order valence-electron chi connectivity index (χ0n) is 12.0. The van der Waals surface area contributed by atoms with Gasteiger partial charge in [0.25, 0.3) is 0 Å². The monoisotopic (exact) mass is 255 g/mol. The Balaban J connectivity index is 1.89. The van der Waals surface area contributed by atoms with Gasteiger partial charge in [-0.25, -0.2) is 0 Å². The lowest BCUT2D eigenvalue weighted by atomic mass is 9.87. The van der Waals surface area contributed by atoms with Crippen molar-refractivity contribution in [3.8, 4) is 0 Å². The minimum Gasteiger partial charge on any atom is -0.378 e. The highest BCUT2D eigenvalue weighted by Gasteiger charge is 2.41. The first-order valence-electron chi connectivity index (χ1n) is 7.71. The van der Waals surface area contributed by atoms with Gasteiger partial charge in [0, 0.05) is 19.8 Å². The Kier molecular flexibility index (Phi) is 5.46. The van der Waals surface area contributed by atoms with Gasteiger partial charge in [0.05, 0.1) is 11.7 Å². The van der Waals surface area contributed by atoms with Gasteiger partial charge in [-0.2, -0.15) is 0 Å². The predicted molar refractivity (Wildman–Crippen MR) is 73.9 cm³/mol. The van der Waals surface area contributed by atoms with Crippen molar-refractivity contribution in [1.82, 2.24) is 5.32 Å². The first kappa shape index (κ1) is 14.3. The third-order valence-electron chi connectivity index (χ3n) is 4.74. The molecule has 0 aromatic heterocycles. The van der Waals surface area contributed by atoms with Crippen LogP contribution < -0.4 is 5.32 Å². The topological polar surface area (TPSA) is 30.5 Å². The van der Waals surface area contributed by atoms with Crippen LogP contribution >= 0.6 is 0 Å². The summed E-state index contributed by atoms with van der Waals surface area (Å²) in [5.41, 5.74) is 0.0919. The second kappa shape index (κ2) is 6.88. The molecule has 2 atom stereocenters. The highest BCUT2D eigenvalue weighted by atomic mass is 16.5. The smallest absolute Gasteiger partial charge is 0.0830 e. The predicted octanol–water partition coefficient (Wildman–Crippen LogP) is 2.88. The maximum Gasteiger partial charge on any atom is 0.0830 e. The second-order valence-corrected chi connectivity index (χ2v) is 5.80. The quantitative estimate of drug-likeness (QED) is 0.759. The molecule has 1 N–H and O–H groups in total. The minimum atomic E-state index is 0.0919. The second-order valence-electron chi connectivity index (χ2n) is 5.80. The third-order valence-corrected chi connectivity index (χ3v) is 4.74. The molecule has 1 saturated heterocycles. The van der Waals surface area contributed by atoms with Gasteiger partial charge in [-0.05, 0) is 45.1 Å². The van der Waals surface area contributed by atoms with Crippen LogP contribution in [0.4, 0.5) is 0 Å².